The number of halogens is 4. The zero-order valence-corrected chi connectivity index (χ0v) is 41.0. The van der Waals surface area contributed by atoms with E-state index in [1.807, 2.05) is 0 Å². The number of carbonyl (C=O) groups excluding carboxylic acids is 2. The number of hydrogen-bond donors (Lipinski definition) is 0. The largest absolute Gasteiger partial charge is 0.488 e. The number of carbonyl (C=O) groups is 2. The fourth-order valence-electron chi connectivity index (χ4n) is 11.9. The van der Waals surface area contributed by atoms with Crippen molar-refractivity contribution >= 4 is 11.9 Å². The summed E-state index contributed by atoms with van der Waals surface area (Å²) < 4.78 is 79.0. The third-order valence-electron chi connectivity index (χ3n) is 15.7. The quantitative estimate of drug-likeness (QED) is 0.0478. The molecule has 4 aliphatic carbocycles. The van der Waals surface area contributed by atoms with E-state index < -0.39 is 35.2 Å². The Kier molecular flexibility index (Phi) is 23.6. The Morgan fingerprint density at radius 2 is 0.806 bits per heavy atom. The van der Waals surface area contributed by atoms with Gasteiger partial charge in [0.05, 0.1) is 26.4 Å². The third-order valence-corrected chi connectivity index (χ3v) is 15.7. The van der Waals surface area contributed by atoms with Gasteiger partial charge in [-0.25, -0.2) is 27.2 Å². The summed E-state index contributed by atoms with van der Waals surface area (Å²) in [6.07, 6.45) is 30.9. The second kappa shape index (κ2) is 29.3. The highest BCUT2D eigenvalue weighted by Crippen LogP contribution is 2.47. The first-order valence-corrected chi connectivity index (χ1v) is 26.3. The van der Waals surface area contributed by atoms with Crippen LogP contribution in [0, 0.1) is 58.8 Å². The second-order valence-electron chi connectivity index (χ2n) is 20.2. The number of hydrogen-bond acceptors (Lipinski definition) is 6. The number of unbranched alkanes of at least 4 members (excludes halogenated alkanes) is 3. The molecule has 0 spiro atoms. The molecule has 2 aromatic carbocycles. The van der Waals surface area contributed by atoms with Gasteiger partial charge in [-0.3, -0.25) is 0 Å². The molecule has 0 unspecified atom stereocenters. The Morgan fingerprint density at radius 1 is 0.493 bits per heavy atom. The molecule has 2 aromatic rings. The molecule has 4 fully saturated rings. The first kappa shape index (κ1) is 54.1. The summed E-state index contributed by atoms with van der Waals surface area (Å²) in [6.45, 7) is 12.0. The smallest absolute Gasteiger partial charge is 0.330 e. The molecule has 10 heteroatoms. The lowest BCUT2D eigenvalue weighted by molar-refractivity contribution is -0.138. The Morgan fingerprint density at radius 3 is 1.15 bits per heavy atom. The molecule has 67 heavy (non-hydrogen) atoms. The molecule has 382 valence electrons. The molecule has 0 aliphatic heterocycles. The van der Waals surface area contributed by atoms with Crippen LogP contribution >= 0.6 is 0 Å². The van der Waals surface area contributed by atoms with Gasteiger partial charge in [-0.2, -0.15) is 0 Å². The van der Waals surface area contributed by atoms with Gasteiger partial charge in [0.2, 0.25) is 0 Å². The summed E-state index contributed by atoms with van der Waals surface area (Å²) in [7, 11) is 0. The van der Waals surface area contributed by atoms with Crippen molar-refractivity contribution in [2.24, 2.45) is 35.5 Å². The van der Waals surface area contributed by atoms with Crippen LogP contribution in [0.3, 0.4) is 0 Å². The van der Waals surface area contributed by atoms with Crippen molar-refractivity contribution < 1.29 is 51.8 Å². The van der Waals surface area contributed by atoms with Gasteiger partial charge in [-0.15, -0.1) is 0 Å². The van der Waals surface area contributed by atoms with Crippen LogP contribution in [0.4, 0.5) is 17.6 Å². The molecule has 4 saturated carbocycles. The van der Waals surface area contributed by atoms with Crippen molar-refractivity contribution in [2.75, 3.05) is 26.4 Å². The Hall–Kier alpha value is -3.82. The SMILES string of the molecule is C=CC(=O)OCCCCCCOc1c(F)cc(C2CCC(C3CCC(CCC)CC3)CC2)cc1F.C=CC(=O)OCCCOc1c(F)cc(C2CCC(C3CCC(CCC)CC3)CC2)cc1F.[HH].[HH].[HH].[HH]. The monoisotopic (exact) mass is 947 g/mol. The van der Waals surface area contributed by atoms with Gasteiger partial charge >= 0.3 is 11.9 Å². The van der Waals surface area contributed by atoms with E-state index in [0.29, 0.717) is 19.4 Å². The van der Waals surface area contributed by atoms with Crippen LogP contribution in [0.25, 0.3) is 0 Å². The van der Waals surface area contributed by atoms with Crippen LogP contribution in [0.15, 0.2) is 49.6 Å². The van der Waals surface area contributed by atoms with Gasteiger partial charge in [-0.1, -0.05) is 78.4 Å². The molecule has 6 nitrogen and oxygen atoms in total. The molecule has 0 radical (unpaired) electrons. The predicted molar refractivity (Wildman–Crippen MR) is 268 cm³/mol. The van der Waals surface area contributed by atoms with Gasteiger partial charge < -0.3 is 18.9 Å². The fraction of sp³-hybridized carbons (Fsp3) is 0.684. The molecular weight excluding hydrogens is 857 g/mol. The molecule has 0 atom stereocenters. The van der Waals surface area contributed by atoms with Crippen LogP contribution in [0.1, 0.15) is 203 Å². The molecule has 0 saturated heterocycles. The van der Waals surface area contributed by atoms with Crippen LogP contribution in [-0.4, -0.2) is 38.4 Å². The highest BCUT2D eigenvalue weighted by molar-refractivity contribution is 5.81. The molecule has 4 aliphatic rings. The molecule has 6 rings (SSSR count). The van der Waals surface area contributed by atoms with Crippen molar-refractivity contribution in [3.05, 3.63) is 84.0 Å². The van der Waals surface area contributed by atoms with Gasteiger partial charge in [0.25, 0.3) is 0 Å². The average molecular weight is 947 g/mol. The van der Waals surface area contributed by atoms with Crippen LogP contribution < -0.4 is 9.47 Å². The van der Waals surface area contributed by atoms with E-state index in [4.69, 9.17) is 18.9 Å². The lowest BCUT2D eigenvalue weighted by Crippen LogP contribution is -2.25. The van der Waals surface area contributed by atoms with Gasteiger partial charge in [0.15, 0.2) is 34.8 Å². The minimum atomic E-state index is -0.653. The first-order chi connectivity index (χ1) is 32.5. The van der Waals surface area contributed by atoms with E-state index in [9.17, 15) is 27.2 Å². The Balaban J connectivity index is 0.000000674. The van der Waals surface area contributed by atoms with Crippen molar-refractivity contribution in [3.63, 3.8) is 0 Å². The number of rotatable bonds is 23. The minimum absolute atomic E-state index is 0. The van der Waals surface area contributed by atoms with E-state index in [1.54, 1.807) is 0 Å². The molecule has 0 aromatic heterocycles. The summed E-state index contributed by atoms with van der Waals surface area (Å²) >= 11 is 0. The lowest BCUT2D eigenvalue weighted by atomic mass is 9.68. The first-order valence-electron chi connectivity index (χ1n) is 26.3. The van der Waals surface area contributed by atoms with E-state index >= 15 is 0 Å². The summed E-state index contributed by atoms with van der Waals surface area (Å²) in [5, 5.41) is 0. The maximum atomic E-state index is 14.7. The topological polar surface area (TPSA) is 71.1 Å². The Bertz CT molecular complexity index is 1780. The maximum Gasteiger partial charge on any atom is 0.330 e. The zero-order chi connectivity index (χ0) is 48.0. The summed E-state index contributed by atoms with van der Waals surface area (Å²) in [4.78, 5) is 22.0. The molecule has 0 bridgehead atoms. The van der Waals surface area contributed by atoms with E-state index in [0.717, 1.165) is 104 Å². The van der Waals surface area contributed by atoms with Crippen molar-refractivity contribution in [3.8, 4) is 11.5 Å². The number of esters is 2. The molecular formula is C57H90F4O6. The van der Waals surface area contributed by atoms with Crippen LogP contribution in [0.5, 0.6) is 11.5 Å². The van der Waals surface area contributed by atoms with Crippen molar-refractivity contribution in [1.82, 2.24) is 0 Å². The zero-order valence-electron chi connectivity index (χ0n) is 41.0. The van der Waals surface area contributed by atoms with Gasteiger partial charge in [0, 0.05) is 24.3 Å². The molecule has 0 N–H and O–H groups in total. The molecule has 0 amide bonds. The fourth-order valence-corrected chi connectivity index (χ4v) is 11.9. The van der Waals surface area contributed by atoms with Gasteiger partial charge in [-0.05, 0) is 185 Å². The average Bonchev–Trinajstić information content (AvgIpc) is 3.34. The summed E-state index contributed by atoms with van der Waals surface area (Å²) in [5.41, 5.74) is 1.53. The third kappa shape index (κ3) is 17.6. The van der Waals surface area contributed by atoms with E-state index in [1.165, 1.54) is 127 Å². The second-order valence-corrected chi connectivity index (χ2v) is 20.2. The minimum Gasteiger partial charge on any atom is -0.488 e. The number of benzene rings is 2. The van der Waals surface area contributed by atoms with Crippen LogP contribution in [-0.2, 0) is 19.1 Å². The lowest BCUT2D eigenvalue weighted by Gasteiger charge is -2.38. The normalized spacial score (nSPS) is 25.2. The summed E-state index contributed by atoms with van der Waals surface area (Å²) in [5.74, 6) is 1.58. The predicted octanol–water partition coefficient (Wildman–Crippen LogP) is 16.8. The van der Waals surface area contributed by atoms with Crippen molar-refractivity contribution in [1.29, 1.82) is 0 Å². The van der Waals surface area contributed by atoms with E-state index in [2.05, 4.69) is 27.0 Å². The maximum absolute atomic E-state index is 14.7. The molecule has 0 heterocycles. The van der Waals surface area contributed by atoms with E-state index in [-0.39, 0.29) is 48.9 Å². The highest BCUT2D eigenvalue weighted by Gasteiger charge is 2.33. The number of ether oxygens (including phenoxy) is 4. The van der Waals surface area contributed by atoms with Gasteiger partial charge in [0.1, 0.15) is 0 Å². The highest BCUT2D eigenvalue weighted by atomic mass is 19.1. The van der Waals surface area contributed by atoms with Crippen LogP contribution in [0.2, 0.25) is 0 Å². The standard InChI is InChI=1S/C30H44F2O3.C27H38F2O3.4H2/c1-3-9-22-10-12-23(13-11-22)24-14-16-25(17-15-24)26-20-27(31)30(28(32)21-26)35-19-8-6-5-7-18-34-29(33)4-2;1-3-6-19-7-9-20(10-8-19)21-11-13-22(14-12-21)23-17-24(28)27(25(29)18-23)32-16-5-15-31-26(30)4-2;;;;/h4,20-25H,2-3,5-19H2,1H3;4,17-22H,2-3,5-16H2,1H3;4*1H. The Labute approximate surface area is 406 Å². The van der Waals surface area contributed by atoms with Crippen molar-refractivity contribution in [2.45, 2.75) is 186 Å². The summed E-state index contributed by atoms with van der Waals surface area (Å²) in [6, 6.07) is 5.87.